The van der Waals surface area contributed by atoms with E-state index < -0.39 is 5.97 Å². The van der Waals surface area contributed by atoms with Crippen LogP contribution in [0.1, 0.15) is 28.8 Å². The molecule has 192 valence electrons. The Morgan fingerprint density at radius 2 is 1.41 bits per heavy atom. The van der Waals surface area contributed by atoms with Gasteiger partial charge >= 0.3 is 5.97 Å². The SMILES string of the molecule is CCOc1ccc(-c2cc(OC(=O)c3cc(OC)c(OC)c(OC)c3)c3c(C)oc(C)c3c(=O)c2)cc1. The van der Waals surface area contributed by atoms with Crippen LogP contribution in [0.3, 0.4) is 0 Å². The molecule has 0 amide bonds. The van der Waals surface area contributed by atoms with Crippen molar-refractivity contribution >= 4 is 16.7 Å². The summed E-state index contributed by atoms with van der Waals surface area (Å²) in [5, 5.41) is 0.780. The van der Waals surface area contributed by atoms with Gasteiger partial charge in [0, 0.05) is 0 Å². The molecule has 1 heterocycles. The largest absolute Gasteiger partial charge is 0.494 e. The molecule has 1 aromatic heterocycles. The quantitative estimate of drug-likeness (QED) is 0.281. The van der Waals surface area contributed by atoms with Crippen molar-refractivity contribution in [3.05, 3.63) is 75.8 Å². The Labute approximate surface area is 214 Å². The van der Waals surface area contributed by atoms with Gasteiger partial charge in [-0.3, -0.25) is 4.79 Å². The van der Waals surface area contributed by atoms with Crippen LogP contribution in [-0.4, -0.2) is 33.9 Å². The van der Waals surface area contributed by atoms with Crippen LogP contribution in [0.4, 0.5) is 0 Å². The highest BCUT2D eigenvalue weighted by atomic mass is 16.5. The minimum atomic E-state index is -0.671. The number of methoxy groups -OCH3 is 3. The summed E-state index contributed by atoms with van der Waals surface area (Å²) in [5.74, 6) is 2.11. The summed E-state index contributed by atoms with van der Waals surface area (Å²) < 4.78 is 33.3. The highest BCUT2D eigenvalue weighted by molar-refractivity contribution is 5.98. The molecule has 0 saturated carbocycles. The number of aryl methyl sites for hydroxylation is 2. The van der Waals surface area contributed by atoms with Crippen molar-refractivity contribution in [1.82, 2.24) is 0 Å². The summed E-state index contributed by atoms with van der Waals surface area (Å²) in [7, 11) is 4.40. The lowest BCUT2D eigenvalue weighted by atomic mass is 10.1. The summed E-state index contributed by atoms with van der Waals surface area (Å²) in [6, 6.07) is 13.5. The van der Waals surface area contributed by atoms with E-state index in [0.717, 1.165) is 5.56 Å². The first-order valence-electron chi connectivity index (χ1n) is 11.6. The zero-order chi connectivity index (χ0) is 26.7. The lowest BCUT2D eigenvalue weighted by molar-refractivity contribution is 0.0736. The molecule has 0 radical (unpaired) electrons. The predicted octanol–water partition coefficient (Wildman–Crippen LogP) is 5.72. The topological polar surface area (TPSA) is 93.4 Å². The number of furan rings is 1. The fourth-order valence-corrected chi connectivity index (χ4v) is 4.26. The molecule has 4 rings (SSSR count). The second-order valence-electron chi connectivity index (χ2n) is 8.20. The van der Waals surface area contributed by atoms with Gasteiger partial charge in [0.25, 0.3) is 0 Å². The number of ether oxygens (including phenoxy) is 5. The fourth-order valence-electron chi connectivity index (χ4n) is 4.26. The van der Waals surface area contributed by atoms with Crippen molar-refractivity contribution in [3.63, 3.8) is 0 Å². The molecule has 0 bridgehead atoms. The van der Waals surface area contributed by atoms with E-state index in [1.165, 1.54) is 39.5 Å². The minimum absolute atomic E-state index is 0.178. The number of hydrogen-bond acceptors (Lipinski definition) is 8. The molecular weight excluding hydrogens is 476 g/mol. The van der Waals surface area contributed by atoms with Gasteiger partial charge in [0.15, 0.2) is 16.9 Å². The van der Waals surface area contributed by atoms with Crippen molar-refractivity contribution < 1.29 is 32.9 Å². The zero-order valence-electron chi connectivity index (χ0n) is 21.6. The molecule has 8 heteroatoms. The fraction of sp³-hybridized carbons (Fsp3) is 0.241. The van der Waals surface area contributed by atoms with E-state index >= 15 is 0 Å². The van der Waals surface area contributed by atoms with Crippen LogP contribution in [0, 0.1) is 13.8 Å². The first-order chi connectivity index (χ1) is 17.8. The molecule has 0 fully saturated rings. The maximum absolute atomic E-state index is 13.4. The van der Waals surface area contributed by atoms with Gasteiger partial charge in [-0.2, -0.15) is 0 Å². The molecule has 0 saturated heterocycles. The highest BCUT2D eigenvalue weighted by Gasteiger charge is 2.22. The lowest BCUT2D eigenvalue weighted by Gasteiger charge is -2.14. The lowest BCUT2D eigenvalue weighted by Crippen LogP contribution is -2.10. The predicted molar refractivity (Wildman–Crippen MR) is 140 cm³/mol. The third-order valence-corrected chi connectivity index (χ3v) is 5.93. The second kappa shape index (κ2) is 10.7. The molecule has 4 aromatic rings. The third kappa shape index (κ3) is 4.95. The summed E-state index contributed by atoms with van der Waals surface area (Å²) in [5.41, 5.74) is 1.27. The Bertz CT molecular complexity index is 1490. The molecule has 0 N–H and O–H groups in total. The molecule has 0 aliphatic rings. The Morgan fingerprint density at radius 3 is 1.97 bits per heavy atom. The summed E-state index contributed by atoms with van der Waals surface area (Å²) >= 11 is 0. The zero-order valence-corrected chi connectivity index (χ0v) is 21.6. The number of rotatable bonds is 8. The Kier molecular flexibility index (Phi) is 7.38. The van der Waals surface area contributed by atoms with Crippen LogP contribution >= 0.6 is 0 Å². The Hall–Kier alpha value is -4.46. The number of carbonyl (C=O) groups is 1. The van der Waals surface area contributed by atoms with Gasteiger partial charge < -0.3 is 28.1 Å². The van der Waals surface area contributed by atoms with Crippen LogP contribution in [0.5, 0.6) is 28.7 Å². The molecular formula is C29H28O8. The molecule has 0 aliphatic heterocycles. The van der Waals surface area contributed by atoms with Crippen LogP contribution in [0.2, 0.25) is 0 Å². The van der Waals surface area contributed by atoms with Gasteiger partial charge in [0.1, 0.15) is 23.0 Å². The van der Waals surface area contributed by atoms with Gasteiger partial charge in [-0.1, -0.05) is 12.1 Å². The highest BCUT2D eigenvalue weighted by Crippen LogP contribution is 2.39. The number of carbonyl (C=O) groups excluding carboxylic acids is 1. The van der Waals surface area contributed by atoms with E-state index in [2.05, 4.69) is 0 Å². The van der Waals surface area contributed by atoms with Gasteiger partial charge in [0.05, 0.1) is 44.3 Å². The number of hydrogen-bond donors (Lipinski definition) is 0. The molecule has 0 aliphatic carbocycles. The van der Waals surface area contributed by atoms with Crippen molar-refractivity contribution in [2.75, 3.05) is 27.9 Å². The number of esters is 1. The monoisotopic (exact) mass is 504 g/mol. The van der Waals surface area contributed by atoms with Gasteiger partial charge in [-0.25, -0.2) is 4.79 Å². The summed E-state index contributed by atoms with van der Waals surface area (Å²) in [4.78, 5) is 26.6. The molecule has 37 heavy (non-hydrogen) atoms. The normalized spacial score (nSPS) is 10.8. The van der Waals surface area contributed by atoms with Crippen LogP contribution in [-0.2, 0) is 0 Å². The number of fused-ring (bicyclic) bond motifs is 1. The second-order valence-corrected chi connectivity index (χ2v) is 8.20. The molecule has 0 atom stereocenters. The van der Waals surface area contributed by atoms with E-state index in [0.29, 0.717) is 57.5 Å². The maximum atomic E-state index is 13.4. The van der Waals surface area contributed by atoms with E-state index in [9.17, 15) is 9.59 Å². The number of benzene rings is 2. The minimum Gasteiger partial charge on any atom is -0.494 e. The average molecular weight is 505 g/mol. The van der Waals surface area contributed by atoms with Gasteiger partial charge in [-0.15, -0.1) is 0 Å². The van der Waals surface area contributed by atoms with E-state index in [-0.39, 0.29) is 16.7 Å². The first kappa shape index (κ1) is 25.6. The van der Waals surface area contributed by atoms with Crippen molar-refractivity contribution in [3.8, 4) is 39.9 Å². The van der Waals surface area contributed by atoms with Crippen LogP contribution in [0.25, 0.3) is 21.9 Å². The third-order valence-electron chi connectivity index (χ3n) is 5.93. The van der Waals surface area contributed by atoms with Crippen molar-refractivity contribution in [2.24, 2.45) is 0 Å². The van der Waals surface area contributed by atoms with Crippen molar-refractivity contribution in [2.45, 2.75) is 20.8 Å². The van der Waals surface area contributed by atoms with Crippen LogP contribution < -0.4 is 29.1 Å². The van der Waals surface area contributed by atoms with Crippen LogP contribution in [0.15, 0.2) is 57.7 Å². The molecule has 3 aromatic carbocycles. The van der Waals surface area contributed by atoms with E-state index in [1.807, 2.05) is 31.2 Å². The molecule has 8 nitrogen and oxygen atoms in total. The smallest absolute Gasteiger partial charge is 0.343 e. The Balaban J connectivity index is 1.87. The van der Waals surface area contributed by atoms with E-state index in [4.69, 9.17) is 28.1 Å². The van der Waals surface area contributed by atoms with E-state index in [1.54, 1.807) is 19.9 Å². The molecule has 0 unspecified atom stereocenters. The maximum Gasteiger partial charge on any atom is 0.343 e. The summed E-state index contributed by atoms with van der Waals surface area (Å²) in [6.07, 6.45) is 0. The van der Waals surface area contributed by atoms with Gasteiger partial charge in [-0.05, 0) is 68.3 Å². The first-order valence-corrected chi connectivity index (χ1v) is 11.6. The standard InChI is InChI=1S/C29H28O8/c1-7-35-21-10-8-18(9-11-21)19-12-22(30)26-16(2)36-17(3)27(26)23(13-19)37-29(31)20-14-24(32-4)28(34-6)25(15-20)33-5/h8-15H,7H2,1-6H3. The van der Waals surface area contributed by atoms with Gasteiger partial charge in [0.2, 0.25) is 5.75 Å². The Morgan fingerprint density at radius 1 is 0.784 bits per heavy atom. The van der Waals surface area contributed by atoms with Crippen molar-refractivity contribution in [1.29, 1.82) is 0 Å². The molecule has 0 spiro atoms. The summed E-state index contributed by atoms with van der Waals surface area (Å²) in [6.45, 7) is 5.88. The average Bonchev–Trinajstić information content (AvgIpc) is 3.11.